The van der Waals surface area contributed by atoms with E-state index in [0.29, 0.717) is 12.3 Å². The second kappa shape index (κ2) is 8.98. The van der Waals surface area contributed by atoms with Gasteiger partial charge in [0.1, 0.15) is 5.01 Å². The Hall–Kier alpha value is -1.15. The van der Waals surface area contributed by atoms with Crippen LogP contribution in [0.5, 0.6) is 0 Å². The molecule has 0 aliphatic carbocycles. The smallest absolute Gasteiger partial charge is 0.230 e. The SMILES string of the molecule is Cc1nnc(SCC(=O)NC[C@@H](c2ccccc2Cl)N2CCCC2)s1. The fourth-order valence-electron chi connectivity index (χ4n) is 2.96. The number of amides is 1. The Kier molecular flexibility index (Phi) is 6.70. The van der Waals surface area contributed by atoms with Crippen LogP contribution in [0.2, 0.25) is 5.02 Å². The van der Waals surface area contributed by atoms with E-state index in [0.717, 1.165) is 33.0 Å². The normalized spacial score (nSPS) is 16.1. The van der Waals surface area contributed by atoms with Crippen molar-refractivity contribution < 1.29 is 4.79 Å². The second-order valence-electron chi connectivity index (χ2n) is 5.96. The number of thioether (sulfide) groups is 1. The van der Waals surface area contributed by atoms with Crippen LogP contribution < -0.4 is 5.32 Å². The average Bonchev–Trinajstić information content (AvgIpc) is 3.26. The number of aromatic nitrogens is 2. The number of aryl methyl sites for hydroxylation is 1. The van der Waals surface area contributed by atoms with E-state index in [4.69, 9.17) is 11.6 Å². The maximum absolute atomic E-state index is 12.2. The highest BCUT2D eigenvalue weighted by Crippen LogP contribution is 2.29. The summed E-state index contributed by atoms with van der Waals surface area (Å²) >= 11 is 9.33. The first-order chi connectivity index (χ1) is 12.1. The Morgan fingerprint density at radius 1 is 1.36 bits per heavy atom. The van der Waals surface area contributed by atoms with E-state index in [2.05, 4.69) is 26.5 Å². The zero-order valence-electron chi connectivity index (χ0n) is 14.1. The van der Waals surface area contributed by atoms with Gasteiger partial charge in [-0.1, -0.05) is 52.9 Å². The Morgan fingerprint density at radius 2 is 2.12 bits per heavy atom. The van der Waals surface area contributed by atoms with Crippen molar-refractivity contribution >= 4 is 40.6 Å². The van der Waals surface area contributed by atoms with Gasteiger partial charge in [0.05, 0.1) is 11.8 Å². The number of halogens is 1. The number of benzene rings is 1. The zero-order valence-corrected chi connectivity index (χ0v) is 16.5. The molecule has 0 bridgehead atoms. The van der Waals surface area contributed by atoms with Gasteiger partial charge in [-0.3, -0.25) is 9.69 Å². The molecule has 1 N–H and O–H groups in total. The zero-order chi connectivity index (χ0) is 17.6. The summed E-state index contributed by atoms with van der Waals surface area (Å²) < 4.78 is 0.829. The molecule has 1 aliphatic heterocycles. The van der Waals surface area contributed by atoms with E-state index in [1.807, 2.05) is 25.1 Å². The molecule has 2 heterocycles. The first kappa shape index (κ1) is 18.6. The van der Waals surface area contributed by atoms with Crippen LogP contribution in [0.1, 0.15) is 29.5 Å². The summed E-state index contributed by atoms with van der Waals surface area (Å²) in [4.78, 5) is 14.6. The predicted molar refractivity (Wildman–Crippen MR) is 103 cm³/mol. The number of carbonyl (C=O) groups excluding carboxylic acids is 1. The molecule has 0 radical (unpaired) electrons. The minimum Gasteiger partial charge on any atom is -0.353 e. The maximum atomic E-state index is 12.2. The van der Waals surface area contributed by atoms with Gasteiger partial charge >= 0.3 is 0 Å². The molecule has 1 saturated heterocycles. The lowest BCUT2D eigenvalue weighted by atomic mass is 10.1. The molecule has 0 spiro atoms. The Balaban J connectivity index is 1.58. The van der Waals surface area contributed by atoms with Crippen molar-refractivity contribution in [2.45, 2.75) is 30.1 Å². The molecule has 5 nitrogen and oxygen atoms in total. The standard InChI is InChI=1S/C17H21ClN4OS2/c1-12-20-21-17(25-12)24-11-16(23)19-10-15(22-8-4-5-9-22)13-6-2-3-7-14(13)18/h2-3,6-7,15H,4-5,8-11H2,1H3,(H,19,23)/t15-/m0/s1. The lowest BCUT2D eigenvalue weighted by molar-refractivity contribution is -0.118. The van der Waals surface area contributed by atoms with E-state index in [-0.39, 0.29) is 11.9 Å². The fraction of sp³-hybridized carbons (Fsp3) is 0.471. The summed E-state index contributed by atoms with van der Waals surface area (Å²) in [6, 6.07) is 8.02. The quantitative estimate of drug-likeness (QED) is 0.725. The van der Waals surface area contributed by atoms with Crippen molar-refractivity contribution in [1.82, 2.24) is 20.4 Å². The van der Waals surface area contributed by atoms with Crippen molar-refractivity contribution in [3.63, 3.8) is 0 Å². The van der Waals surface area contributed by atoms with E-state index in [1.165, 1.54) is 35.9 Å². The summed E-state index contributed by atoms with van der Waals surface area (Å²) in [5.74, 6) is 0.359. The first-order valence-electron chi connectivity index (χ1n) is 8.31. The van der Waals surface area contributed by atoms with Crippen molar-refractivity contribution in [3.8, 4) is 0 Å². The summed E-state index contributed by atoms with van der Waals surface area (Å²) in [6.07, 6.45) is 2.39. The maximum Gasteiger partial charge on any atom is 0.230 e. The topological polar surface area (TPSA) is 58.1 Å². The molecule has 0 unspecified atom stereocenters. The van der Waals surface area contributed by atoms with Crippen LogP contribution in [0.3, 0.4) is 0 Å². The second-order valence-corrected chi connectivity index (χ2v) is 8.77. The molecule has 25 heavy (non-hydrogen) atoms. The van der Waals surface area contributed by atoms with Gasteiger partial charge in [0.25, 0.3) is 0 Å². The molecule has 1 amide bonds. The molecule has 134 valence electrons. The van der Waals surface area contributed by atoms with Crippen LogP contribution in [0.15, 0.2) is 28.6 Å². The lowest BCUT2D eigenvalue weighted by Crippen LogP contribution is -2.37. The van der Waals surface area contributed by atoms with E-state index >= 15 is 0 Å². The number of carbonyl (C=O) groups is 1. The molecular formula is C17H21ClN4OS2. The van der Waals surface area contributed by atoms with Gasteiger partial charge in [-0.25, -0.2) is 0 Å². The number of rotatable bonds is 7. The highest BCUT2D eigenvalue weighted by molar-refractivity contribution is 8.01. The molecule has 1 aromatic carbocycles. The van der Waals surface area contributed by atoms with Gasteiger partial charge in [0.15, 0.2) is 4.34 Å². The first-order valence-corrected chi connectivity index (χ1v) is 10.5. The van der Waals surface area contributed by atoms with Gasteiger partial charge in [-0.2, -0.15) is 0 Å². The van der Waals surface area contributed by atoms with Crippen LogP contribution in [0, 0.1) is 6.92 Å². The fourth-order valence-corrected chi connectivity index (χ4v) is 4.87. The van der Waals surface area contributed by atoms with Gasteiger partial charge < -0.3 is 5.32 Å². The number of hydrogen-bond donors (Lipinski definition) is 1. The van der Waals surface area contributed by atoms with Gasteiger partial charge in [-0.15, -0.1) is 10.2 Å². The third-order valence-corrected chi connectivity index (χ3v) is 6.49. The lowest BCUT2D eigenvalue weighted by Gasteiger charge is -2.28. The highest BCUT2D eigenvalue weighted by atomic mass is 35.5. The molecule has 1 aromatic heterocycles. The van der Waals surface area contributed by atoms with Crippen LogP contribution >= 0.6 is 34.7 Å². The molecule has 1 atom stereocenters. The largest absolute Gasteiger partial charge is 0.353 e. The number of nitrogens with one attached hydrogen (secondary N) is 1. The Morgan fingerprint density at radius 3 is 2.80 bits per heavy atom. The molecule has 2 aromatic rings. The van der Waals surface area contributed by atoms with Crippen LogP contribution in [-0.4, -0.2) is 46.4 Å². The number of nitrogens with zero attached hydrogens (tertiary/aromatic N) is 3. The molecule has 3 rings (SSSR count). The minimum atomic E-state index is 0.00843. The third kappa shape index (κ3) is 5.17. The van der Waals surface area contributed by atoms with E-state index < -0.39 is 0 Å². The minimum absolute atomic E-state index is 0.00843. The molecule has 8 heteroatoms. The summed E-state index contributed by atoms with van der Waals surface area (Å²) in [6.45, 7) is 4.57. The Bertz CT molecular complexity index is 718. The van der Waals surface area contributed by atoms with Crippen molar-refractivity contribution in [2.75, 3.05) is 25.4 Å². The van der Waals surface area contributed by atoms with Crippen molar-refractivity contribution in [2.24, 2.45) is 0 Å². The van der Waals surface area contributed by atoms with Crippen molar-refractivity contribution in [1.29, 1.82) is 0 Å². The number of likely N-dealkylation sites (tertiary alicyclic amines) is 1. The average molecular weight is 397 g/mol. The molecular weight excluding hydrogens is 376 g/mol. The summed E-state index contributed by atoms with van der Waals surface area (Å²) in [7, 11) is 0. The van der Waals surface area contributed by atoms with Gasteiger partial charge in [-0.05, 0) is 44.5 Å². The summed E-state index contributed by atoms with van der Waals surface area (Å²) in [5, 5.41) is 12.7. The molecule has 0 saturated carbocycles. The molecule has 1 aliphatic rings. The van der Waals surface area contributed by atoms with E-state index in [1.54, 1.807) is 0 Å². The van der Waals surface area contributed by atoms with E-state index in [9.17, 15) is 4.79 Å². The third-order valence-electron chi connectivity index (χ3n) is 4.17. The van der Waals surface area contributed by atoms with Gasteiger partial charge in [0.2, 0.25) is 5.91 Å². The summed E-state index contributed by atoms with van der Waals surface area (Å²) in [5.41, 5.74) is 1.08. The predicted octanol–water partition coefficient (Wildman–Crippen LogP) is 3.55. The number of hydrogen-bond acceptors (Lipinski definition) is 6. The van der Waals surface area contributed by atoms with Crippen LogP contribution in [0.25, 0.3) is 0 Å². The molecule has 1 fully saturated rings. The monoisotopic (exact) mass is 396 g/mol. The van der Waals surface area contributed by atoms with Crippen molar-refractivity contribution in [3.05, 3.63) is 39.9 Å². The van der Waals surface area contributed by atoms with Crippen LogP contribution in [-0.2, 0) is 4.79 Å². The van der Waals surface area contributed by atoms with Crippen LogP contribution in [0.4, 0.5) is 0 Å². The van der Waals surface area contributed by atoms with Gasteiger partial charge in [0, 0.05) is 11.6 Å². The highest BCUT2D eigenvalue weighted by Gasteiger charge is 2.25. The Labute approximate surface area is 161 Å².